The minimum absolute atomic E-state index is 0.0694. The van der Waals surface area contributed by atoms with Crippen LogP contribution in [0.3, 0.4) is 0 Å². The van der Waals surface area contributed by atoms with Gasteiger partial charge in [-0.2, -0.15) is 0 Å². The molecule has 1 aliphatic carbocycles. The highest BCUT2D eigenvalue weighted by molar-refractivity contribution is 6.10. The van der Waals surface area contributed by atoms with Crippen LogP contribution in [0, 0.1) is 0 Å². The normalized spacial score (nSPS) is 18.4. The first-order valence-electron chi connectivity index (χ1n) is 14.1. The summed E-state index contributed by atoms with van der Waals surface area (Å²) in [5.74, 6) is 0.144. The van der Waals surface area contributed by atoms with Crippen molar-refractivity contribution < 1.29 is 9.18 Å². The van der Waals surface area contributed by atoms with Crippen molar-refractivity contribution in [2.75, 3.05) is 11.9 Å². The number of fused-ring (bicyclic) bond motifs is 1. The zero-order valence-corrected chi connectivity index (χ0v) is 23.3. The van der Waals surface area contributed by atoms with Crippen LogP contribution in [0.1, 0.15) is 105 Å². The molecule has 0 aromatic heterocycles. The average Bonchev–Trinajstić information content (AvgIpc) is 3.21. The Hall–Kier alpha value is -2.66. The fourth-order valence-corrected chi connectivity index (χ4v) is 5.82. The summed E-state index contributed by atoms with van der Waals surface area (Å²) < 4.78 is 13.8. The average molecular weight is 506 g/mol. The minimum atomic E-state index is -0.844. The van der Waals surface area contributed by atoms with Crippen LogP contribution in [0.15, 0.2) is 48.2 Å². The molecule has 1 aliphatic heterocycles. The Bertz CT molecular complexity index is 1130. The first kappa shape index (κ1) is 27.4. The number of aryl methyl sites for hydroxylation is 1. The molecule has 1 saturated carbocycles. The van der Waals surface area contributed by atoms with E-state index in [0.29, 0.717) is 13.0 Å². The molecule has 1 amide bonds. The Labute approximate surface area is 222 Å². The number of rotatable bonds is 12. The van der Waals surface area contributed by atoms with E-state index in [1.54, 1.807) is 6.92 Å². The number of hydrogen-bond donors (Lipinski definition) is 2. The van der Waals surface area contributed by atoms with E-state index in [2.05, 4.69) is 61.7 Å². The van der Waals surface area contributed by atoms with E-state index in [-0.39, 0.29) is 17.4 Å². The van der Waals surface area contributed by atoms with Crippen LogP contribution < -0.4 is 15.5 Å². The van der Waals surface area contributed by atoms with Gasteiger partial charge >= 0.3 is 0 Å². The van der Waals surface area contributed by atoms with Gasteiger partial charge in [0.2, 0.25) is 0 Å². The number of nitrogens with one attached hydrogen (secondary N) is 2. The van der Waals surface area contributed by atoms with Crippen LogP contribution in [-0.4, -0.2) is 24.7 Å². The largest absolute Gasteiger partial charge is 0.391 e. The van der Waals surface area contributed by atoms with Gasteiger partial charge in [-0.25, -0.2) is 4.39 Å². The van der Waals surface area contributed by atoms with Crippen molar-refractivity contribution in [3.8, 4) is 0 Å². The molecule has 2 atom stereocenters. The predicted octanol–water partition coefficient (Wildman–Crippen LogP) is 7.18. The number of anilines is 1. The highest BCUT2D eigenvalue weighted by Crippen LogP contribution is 2.36. The summed E-state index contributed by atoms with van der Waals surface area (Å²) in [6.45, 7) is 9.60. The lowest BCUT2D eigenvalue weighted by Crippen LogP contribution is -2.47. The van der Waals surface area contributed by atoms with Crippen LogP contribution >= 0.6 is 0 Å². The quantitative estimate of drug-likeness (QED) is 0.321. The summed E-state index contributed by atoms with van der Waals surface area (Å²) in [6, 6.07) is 12.7. The van der Waals surface area contributed by atoms with E-state index in [0.717, 1.165) is 53.9 Å². The SMILES string of the molecule is CC/C=C(/NC)C(CCC(C)F)c1cccc(N2Cc3c(CC)cc(CNC4(C)CCC4)cc3C2=O)c1. The number of alkyl halides is 1. The maximum absolute atomic E-state index is 13.8. The number of benzene rings is 2. The van der Waals surface area contributed by atoms with Gasteiger partial charge in [-0.05, 0) is 99.2 Å². The third kappa shape index (κ3) is 6.09. The summed E-state index contributed by atoms with van der Waals surface area (Å²) in [5.41, 5.74) is 7.82. The van der Waals surface area contributed by atoms with Gasteiger partial charge in [-0.1, -0.05) is 38.1 Å². The molecule has 1 fully saturated rings. The minimum Gasteiger partial charge on any atom is -0.391 e. The van der Waals surface area contributed by atoms with Gasteiger partial charge in [0.25, 0.3) is 5.91 Å². The number of halogens is 1. The third-order valence-corrected chi connectivity index (χ3v) is 8.28. The number of allylic oxidation sites excluding steroid dienone is 2. The van der Waals surface area contributed by atoms with E-state index in [9.17, 15) is 9.18 Å². The van der Waals surface area contributed by atoms with Crippen molar-refractivity contribution in [1.82, 2.24) is 10.6 Å². The molecule has 0 radical (unpaired) electrons. The monoisotopic (exact) mass is 505 g/mol. The number of likely N-dealkylation sites (N-methyl/N-ethyl adjacent to an activating group) is 1. The van der Waals surface area contributed by atoms with Gasteiger partial charge < -0.3 is 15.5 Å². The van der Waals surface area contributed by atoms with E-state index in [1.807, 2.05) is 24.1 Å². The lowest BCUT2D eigenvalue weighted by Gasteiger charge is -2.39. The van der Waals surface area contributed by atoms with Gasteiger partial charge in [-0.15, -0.1) is 0 Å². The third-order valence-electron chi connectivity index (χ3n) is 8.28. The van der Waals surface area contributed by atoms with E-state index in [4.69, 9.17) is 0 Å². The molecule has 2 aromatic rings. The van der Waals surface area contributed by atoms with Crippen molar-refractivity contribution in [1.29, 1.82) is 0 Å². The van der Waals surface area contributed by atoms with Crippen LogP contribution in [0.25, 0.3) is 0 Å². The Morgan fingerprint density at radius 1 is 1.19 bits per heavy atom. The van der Waals surface area contributed by atoms with Gasteiger partial charge in [0.1, 0.15) is 0 Å². The molecule has 2 N–H and O–H groups in total. The zero-order chi connectivity index (χ0) is 26.6. The van der Waals surface area contributed by atoms with Gasteiger partial charge in [0, 0.05) is 42.0 Å². The molecule has 2 aliphatic rings. The topological polar surface area (TPSA) is 44.4 Å². The van der Waals surface area contributed by atoms with Crippen molar-refractivity contribution >= 4 is 11.6 Å². The number of hydrogen-bond acceptors (Lipinski definition) is 3. The molecular weight excluding hydrogens is 461 g/mol. The Morgan fingerprint density at radius 3 is 2.59 bits per heavy atom. The van der Waals surface area contributed by atoms with E-state index >= 15 is 0 Å². The summed E-state index contributed by atoms with van der Waals surface area (Å²) in [5, 5.41) is 7.06. The van der Waals surface area contributed by atoms with Crippen LogP contribution in [-0.2, 0) is 19.5 Å². The smallest absolute Gasteiger partial charge is 0.258 e. The van der Waals surface area contributed by atoms with Crippen LogP contribution in [0.5, 0.6) is 0 Å². The fourth-order valence-electron chi connectivity index (χ4n) is 5.82. The second-order valence-electron chi connectivity index (χ2n) is 11.1. The molecule has 0 spiro atoms. The highest BCUT2D eigenvalue weighted by Gasteiger charge is 2.33. The second-order valence-corrected chi connectivity index (χ2v) is 11.1. The van der Waals surface area contributed by atoms with Gasteiger partial charge in [0.05, 0.1) is 12.7 Å². The molecule has 4 rings (SSSR count). The predicted molar refractivity (Wildman–Crippen MR) is 152 cm³/mol. The Morgan fingerprint density at radius 2 is 1.97 bits per heavy atom. The van der Waals surface area contributed by atoms with Gasteiger partial charge in [-0.3, -0.25) is 4.79 Å². The van der Waals surface area contributed by atoms with Crippen molar-refractivity contribution in [3.63, 3.8) is 0 Å². The standard InChI is InChI=1S/C32H44FN3O/c1-6-10-30(34-5)27(14-13-22(3)33)25-11-8-12-26(19-25)36-21-29-24(7-2)17-23(18-28(29)31(36)37)20-35-32(4)15-9-16-32/h8,10-12,17-19,22,27,34-35H,6-7,9,13-16,20-21H2,1-5H3/b30-10+. The zero-order valence-electron chi connectivity index (χ0n) is 23.3. The summed E-state index contributed by atoms with van der Waals surface area (Å²) in [4.78, 5) is 15.6. The first-order chi connectivity index (χ1) is 17.8. The molecule has 200 valence electrons. The molecule has 37 heavy (non-hydrogen) atoms. The van der Waals surface area contributed by atoms with Crippen LogP contribution in [0.2, 0.25) is 0 Å². The molecule has 0 saturated heterocycles. The molecular formula is C32H44FN3O. The number of carbonyl (C=O) groups excluding carboxylic acids is 1. The van der Waals surface area contributed by atoms with Gasteiger partial charge in [0.15, 0.2) is 0 Å². The molecule has 5 heteroatoms. The molecule has 1 heterocycles. The summed E-state index contributed by atoms with van der Waals surface area (Å²) in [6.07, 6.45) is 8.11. The lowest BCUT2D eigenvalue weighted by atomic mass is 9.78. The molecule has 4 nitrogen and oxygen atoms in total. The lowest BCUT2D eigenvalue weighted by molar-refractivity contribution is 0.0996. The summed E-state index contributed by atoms with van der Waals surface area (Å²) >= 11 is 0. The molecule has 2 unspecified atom stereocenters. The first-order valence-corrected chi connectivity index (χ1v) is 14.1. The van der Waals surface area contributed by atoms with Crippen molar-refractivity contribution in [3.05, 3.63) is 76.0 Å². The Balaban J connectivity index is 1.60. The maximum Gasteiger partial charge on any atom is 0.258 e. The van der Waals surface area contributed by atoms with E-state index in [1.165, 1.54) is 30.4 Å². The van der Waals surface area contributed by atoms with Crippen molar-refractivity contribution in [2.24, 2.45) is 0 Å². The maximum atomic E-state index is 13.8. The molecule has 0 bridgehead atoms. The molecule has 2 aromatic carbocycles. The number of carbonyl (C=O) groups is 1. The number of amides is 1. The fraction of sp³-hybridized carbons (Fsp3) is 0.531. The second kappa shape index (κ2) is 11.8. The van der Waals surface area contributed by atoms with Crippen molar-refractivity contribution in [2.45, 2.75) is 103 Å². The van der Waals surface area contributed by atoms with E-state index < -0.39 is 6.17 Å². The Kier molecular flexibility index (Phi) is 8.74. The highest BCUT2D eigenvalue weighted by atomic mass is 19.1. The van der Waals surface area contributed by atoms with Crippen LogP contribution in [0.4, 0.5) is 10.1 Å². The summed E-state index contributed by atoms with van der Waals surface area (Å²) in [7, 11) is 1.93. The number of nitrogens with zero attached hydrogens (tertiary/aromatic N) is 1.